The lowest BCUT2D eigenvalue weighted by Gasteiger charge is -2.27. The van der Waals surface area contributed by atoms with E-state index >= 15 is 0 Å². The highest BCUT2D eigenvalue weighted by atomic mass is 19.1. The third-order valence-electron chi connectivity index (χ3n) is 5.49. The molecule has 0 atom stereocenters. The van der Waals surface area contributed by atoms with Gasteiger partial charge in [-0.05, 0) is 35.9 Å². The van der Waals surface area contributed by atoms with Crippen LogP contribution in [0.2, 0.25) is 0 Å². The minimum atomic E-state index is -0.690. The monoisotopic (exact) mass is 468 g/mol. The Kier molecular flexibility index (Phi) is 6.64. The summed E-state index contributed by atoms with van der Waals surface area (Å²) in [6.07, 6.45) is 0. The molecule has 2 heterocycles. The van der Waals surface area contributed by atoms with Gasteiger partial charge in [0.2, 0.25) is 0 Å². The number of hydrogen-bond acceptors (Lipinski definition) is 7. The fourth-order valence-corrected chi connectivity index (χ4v) is 3.74. The minimum Gasteiger partial charge on any atom is -0.496 e. The van der Waals surface area contributed by atoms with E-state index in [0.29, 0.717) is 37.8 Å². The number of carbonyl (C=O) groups excluding carboxylic acids is 2. The summed E-state index contributed by atoms with van der Waals surface area (Å²) < 4.78 is 25.5. The summed E-state index contributed by atoms with van der Waals surface area (Å²) in [6, 6.07) is 10.8. The number of carbonyl (C=O) groups is 2. The van der Waals surface area contributed by atoms with Crippen LogP contribution in [-0.4, -0.2) is 55.0 Å². The Balaban J connectivity index is 1.52. The van der Waals surface area contributed by atoms with Gasteiger partial charge in [0.05, 0.1) is 31.6 Å². The average molecular weight is 468 g/mol. The minimum absolute atomic E-state index is 0.0979. The van der Waals surface area contributed by atoms with E-state index in [9.17, 15) is 14.0 Å². The number of halogens is 1. The predicted molar refractivity (Wildman–Crippen MR) is 124 cm³/mol. The lowest BCUT2D eigenvalue weighted by Crippen LogP contribution is -2.37. The van der Waals surface area contributed by atoms with Crippen molar-refractivity contribution in [1.82, 2.24) is 15.1 Å². The number of hydrogen-bond donors (Lipinski definition) is 3. The number of nitrogens with one attached hydrogen (secondary N) is 1. The number of primary amides is 1. The molecule has 0 saturated carbocycles. The standard InChI is InChI=1S/C23H25FN6O4/c1-33-18-7-4-15(24)12-17(18)23(32)27-13-14-2-5-16(6-3-14)30-20(21(26)31)19(25)22(28-30)29-8-10-34-11-9-29/h2-7,12H,8-11,13,25H2,1H3,(H2,26,31)(H,27,32). The van der Waals surface area contributed by atoms with Crippen molar-refractivity contribution in [2.24, 2.45) is 5.73 Å². The van der Waals surface area contributed by atoms with Gasteiger partial charge in [0.25, 0.3) is 11.8 Å². The molecule has 1 aliphatic heterocycles. The molecular formula is C23H25FN6O4. The van der Waals surface area contributed by atoms with E-state index in [1.165, 1.54) is 23.9 Å². The molecule has 0 spiro atoms. The Morgan fingerprint density at radius 3 is 2.53 bits per heavy atom. The van der Waals surface area contributed by atoms with E-state index in [1.54, 1.807) is 24.3 Å². The number of rotatable bonds is 7. The molecule has 3 aromatic rings. The number of amides is 2. The van der Waals surface area contributed by atoms with Crippen molar-refractivity contribution in [3.05, 3.63) is 65.1 Å². The van der Waals surface area contributed by atoms with Gasteiger partial charge in [0.1, 0.15) is 17.3 Å². The summed E-state index contributed by atoms with van der Waals surface area (Å²) in [4.78, 5) is 26.6. The van der Waals surface area contributed by atoms with Crippen LogP contribution in [0.5, 0.6) is 5.75 Å². The normalized spacial score (nSPS) is 13.5. The third-order valence-corrected chi connectivity index (χ3v) is 5.49. The fourth-order valence-electron chi connectivity index (χ4n) is 3.74. The number of benzene rings is 2. The first-order valence-corrected chi connectivity index (χ1v) is 10.6. The van der Waals surface area contributed by atoms with Crippen molar-refractivity contribution < 1.29 is 23.5 Å². The molecule has 4 rings (SSSR count). The van der Waals surface area contributed by atoms with Gasteiger partial charge < -0.3 is 31.2 Å². The molecule has 5 N–H and O–H groups in total. The molecule has 1 fully saturated rings. The first-order chi connectivity index (χ1) is 16.4. The molecule has 0 unspecified atom stereocenters. The number of nitrogens with two attached hydrogens (primary N) is 2. The molecule has 1 saturated heterocycles. The zero-order chi connectivity index (χ0) is 24.2. The fraction of sp³-hybridized carbons (Fsp3) is 0.261. The van der Waals surface area contributed by atoms with Crippen molar-refractivity contribution in [3.63, 3.8) is 0 Å². The van der Waals surface area contributed by atoms with Crippen molar-refractivity contribution in [2.45, 2.75) is 6.54 Å². The summed E-state index contributed by atoms with van der Waals surface area (Å²) in [7, 11) is 1.41. The van der Waals surface area contributed by atoms with Crippen LogP contribution in [0.1, 0.15) is 26.4 Å². The highest BCUT2D eigenvalue weighted by Crippen LogP contribution is 2.29. The Hall–Kier alpha value is -4.12. The van der Waals surface area contributed by atoms with Crippen LogP contribution in [0.25, 0.3) is 5.69 Å². The highest BCUT2D eigenvalue weighted by Gasteiger charge is 2.25. The first-order valence-electron chi connectivity index (χ1n) is 10.6. The number of ether oxygens (including phenoxy) is 2. The second kappa shape index (κ2) is 9.79. The Morgan fingerprint density at radius 2 is 1.88 bits per heavy atom. The van der Waals surface area contributed by atoms with Gasteiger partial charge in [-0.1, -0.05) is 12.1 Å². The SMILES string of the molecule is COc1ccc(F)cc1C(=O)NCc1ccc(-n2nc(N3CCOCC3)c(N)c2C(N)=O)cc1. The van der Waals surface area contributed by atoms with Gasteiger partial charge in [0.15, 0.2) is 11.5 Å². The van der Waals surface area contributed by atoms with Crippen LogP contribution >= 0.6 is 0 Å². The quantitative estimate of drug-likeness (QED) is 0.477. The van der Waals surface area contributed by atoms with E-state index in [4.69, 9.17) is 20.9 Å². The second-order valence-corrected chi connectivity index (χ2v) is 7.66. The Bertz CT molecular complexity index is 1200. The number of morpholine rings is 1. The predicted octanol–water partition coefficient (Wildman–Crippen LogP) is 1.47. The molecule has 34 heavy (non-hydrogen) atoms. The Labute approximate surface area is 195 Å². The maximum atomic E-state index is 13.6. The number of methoxy groups -OCH3 is 1. The smallest absolute Gasteiger partial charge is 0.269 e. The first kappa shape index (κ1) is 23.1. The van der Waals surface area contributed by atoms with E-state index < -0.39 is 17.6 Å². The highest BCUT2D eigenvalue weighted by molar-refractivity contribution is 5.99. The van der Waals surface area contributed by atoms with E-state index in [0.717, 1.165) is 11.6 Å². The van der Waals surface area contributed by atoms with Crippen molar-refractivity contribution in [3.8, 4) is 11.4 Å². The van der Waals surface area contributed by atoms with Gasteiger partial charge in [-0.25, -0.2) is 9.07 Å². The number of anilines is 2. The van der Waals surface area contributed by atoms with E-state index in [2.05, 4.69) is 10.4 Å². The molecule has 2 aromatic carbocycles. The summed E-state index contributed by atoms with van der Waals surface area (Å²) >= 11 is 0. The average Bonchev–Trinajstić information content (AvgIpc) is 3.20. The van der Waals surface area contributed by atoms with Gasteiger partial charge in [-0.15, -0.1) is 5.10 Å². The third kappa shape index (κ3) is 4.64. The van der Waals surface area contributed by atoms with Crippen molar-refractivity contribution >= 4 is 23.3 Å². The van der Waals surface area contributed by atoms with Gasteiger partial charge in [-0.3, -0.25) is 9.59 Å². The van der Waals surface area contributed by atoms with Crippen LogP contribution in [0, 0.1) is 5.82 Å². The number of aromatic nitrogens is 2. The van der Waals surface area contributed by atoms with E-state index in [-0.39, 0.29) is 29.2 Å². The molecule has 1 aromatic heterocycles. The summed E-state index contributed by atoms with van der Waals surface area (Å²) in [5.74, 6) is -0.926. The van der Waals surface area contributed by atoms with Crippen LogP contribution in [-0.2, 0) is 11.3 Å². The zero-order valence-corrected chi connectivity index (χ0v) is 18.6. The molecule has 178 valence electrons. The summed E-state index contributed by atoms with van der Waals surface area (Å²) in [5.41, 5.74) is 13.6. The largest absolute Gasteiger partial charge is 0.496 e. The molecule has 11 heteroatoms. The molecule has 1 aliphatic rings. The zero-order valence-electron chi connectivity index (χ0n) is 18.6. The van der Waals surface area contributed by atoms with Gasteiger partial charge >= 0.3 is 0 Å². The summed E-state index contributed by atoms with van der Waals surface area (Å²) in [5, 5.41) is 7.28. The summed E-state index contributed by atoms with van der Waals surface area (Å²) in [6.45, 7) is 2.49. The lowest BCUT2D eigenvalue weighted by molar-refractivity contribution is 0.0946. The lowest BCUT2D eigenvalue weighted by atomic mass is 10.1. The Morgan fingerprint density at radius 1 is 1.18 bits per heavy atom. The molecular weight excluding hydrogens is 443 g/mol. The maximum Gasteiger partial charge on any atom is 0.269 e. The maximum absolute atomic E-state index is 13.6. The van der Waals surface area contributed by atoms with Gasteiger partial charge in [-0.2, -0.15) is 0 Å². The van der Waals surface area contributed by atoms with Gasteiger partial charge in [0, 0.05) is 19.6 Å². The molecule has 0 radical (unpaired) electrons. The van der Waals surface area contributed by atoms with Crippen LogP contribution < -0.4 is 26.4 Å². The number of nitrogen functional groups attached to an aromatic ring is 1. The molecule has 10 nitrogen and oxygen atoms in total. The molecule has 0 aliphatic carbocycles. The van der Waals surface area contributed by atoms with Crippen LogP contribution in [0.3, 0.4) is 0 Å². The van der Waals surface area contributed by atoms with Crippen molar-refractivity contribution in [2.75, 3.05) is 44.0 Å². The second-order valence-electron chi connectivity index (χ2n) is 7.66. The topological polar surface area (TPSA) is 138 Å². The molecule has 2 amide bonds. The molecule has 0 bridgehead atoms. The van der Waals surface area contributed by atoms with Crippen molar-refractivity contribution in [1.29, 1.82) is 0 Å². The number of nitrogens with zero attached hydrogens (tertiary/aromatic N) is 3. The van der Waals surface area contributed by atoms with E-state index in [1.807, 2.05) is 4.90 Å². The van der Waals surface area contributed by atoms with Crippen LogP contribution in [0.4, 0.5) is 15.9 Å². The van der Waals surface area contributed by atoms with Crippen LogP contribution in [0.15, 0.2) is 42.5 Å².